The normalized spacial score (nSPS) is 10.8. The van der Waals surface area contributed by atoms with Crippen LogP contribution in [0.15, 0.2) is 12.1 Å². The van der Waals surface area contributed by atoms with Crippen LogP contribution in [0.3, 0.4) is 0 Å². The number of nitrogens with zero attached hydrogens (tertiary/aromatic N) is 2. The van der Waals surface area contributed by atoms with E-state index in [1.165, 1.54) is 0 Å². The Bertz CT molecular complexity index is 691. The standard InChI is InChI=1S/C15H20Cl2N4OS/c1-3-5-13-19-20-15(23)21(13)18-9-10-7-11(16)14(12(17)8-10)22-6-4-2/h7-8,18H,3-6,9H2,1-2H3,(H,20,23). The van der Waals surface area contributed by atoms with Gasteiger partial charge in [0, 0.05) is 6.42 Å². The smallest absolute Gasteiger partial charge is 0.214 e. The molecule has 0 fully saturated rings. The highest BCUT2D eigenvalue weighted by Crippen LogP contribution is 2.34. The van der Waals surface area contributed by atoms with Crippen LogP contribution in [0.2, 0.25) is 10.0 Å². The molecule has 0 saturated carbocycles. The molecule has 0 unspecified atom stereocenters. The summed E-state index contributed by atoms with van der Waals surface area (Å²) < 4.78 is 7.89. The average Bonchev–Trinajstić information content (AvgIpc) is 2.85. The number of halogens is 2. The molecule has 0 saturated heterocycles. The van der Waals surface area contributed by atoms with E-state index in [0.717, 1.165) is 30.7 Å². The zero-order valence-electron chi connectivity index (χ0n) is 13.2. The SMILES string of the molecule is CCCOc1c(Cl)cc(CNn2c(CCC)n[nH]c2=S)cc1Cl. The van der Waals surface area contributed by atoms with Gasteiger partial charge in [-0.05, 0) is 42.8 Å². The second kappa shape index (κ2) is 8.57. The lowest BCUT2D eigenvalue weighted by Crippen LogP contribution is -2.17. The predicted molar refractivity (Wildman–Crippen MR) is 96.7 cm³/mol. The van der Waals surface area contributed by atoms with Crippen LogP contribution in [0.4, 0.5) is 0 Å². The maximum Gasteiger partial charge on any atom is 0.214 e. The molecule has 2 N–H and O–H groups in total. The lowest BCUT2D eigenvalue weighted by atomic mass is 10.2. The maximum atomic E-state index is 6.26. The fourth-order valence-corrected chi connectivity index (χ4v) is 2.97. The van der Waals surface area contributed by atoms with E-state index in [1.807, 2.05) is 19.1 Å². The molecule has 0 bridgehead atoms. The molecule has 126 valence electrons. The van der Waals surface area contributed by atoms with E-state index in [2.05, 4.69) is 22.5 Å². The van der Waals surface area contributed by atoms with Gasteiger partial charge in [0.1, 0.15) is 0 Å². The lowest BCUT2D eigenvalue weighted by molar-refractivity contribution is 0.318. The van der Waals surface area contributed by atoms with Crippen molar-refractivity contribution in [2.75, 3.05) is 12.0 Å². The van der Waals surface area contributed by atoms with Gasteiger partial charge < -0.3 is 10.2 Å². The Morgan fingerprint density at radius 1 is 1.26 bits per heavy atom. The summed E-state index contributed by atoms with van der Waals surface area (Å²) in [5.74, 6) is 1.41. The molecule has 2 rings (SSSR count). The summed E-state index contributed by atoms with van der Waals surface area (Å²) in [6.07, 6.45) is 2.72. The Labute approximate surface area is 150 Å². The van der Waals surface area contributed by atoms with Crippen LogP contribution >= 0.6 is 35.4 Å². The summed E-state index contributed by atoms with van der Waals surface area (Å²) in [7, 11) is 0. The van der Waals surface area contributed by atoms with E-state index in [4.69, 9.17) is 40.2 Å². The van der Waals surface area contributed by atoms with Crippen LogP contribution in [0, 0.1) is 4.77 Å². The average molecular weight is 375 g/mol. The second-order valence-electron chi connectivity index (χ2n) is 5.10. The summed E-state index contributed by atoms with van der Waals surface area (Å²) >= 11 is 17.8. The minimum Gasteiger partial charge on any atom is -0.490 e. The number of aromatic amines is 1. The molecular formula is C15H20Cl2N4OS. The minimum absolute atomic E-state index is 0.507. The number of hydrogen-bond acceptors (Lipinski definition) is 4. The second-order valence-corrected chi connectivity index (χ2v) is 6.30. The maximum absolute atomic E-state index is 6.26. The van der Waals surface area contributed by atoms with Gasteiger partial charge in [-0.2, -0.15) is 5.10 Å². The Morgan fingerprint density at radius 2 is 1.96 bits per heavy atom. The Morgan fingerprint density at radius 3 is 2.57 bits per heavy atom. The number of hydrogen-bond donors (Lipinski definition) is 2. The fourth-order valence-electron chi connectivity index (χ4n) is 2.11. The molecule has 0 aliphatic heterocycles. The molecule has 2 aromatic rings. The molecule has 1 aromatic heterocycles. The first-order valence-corrected chi connectivity index (χ1v) is 8.74. The van der Waals surface area contributed by atoms with E-state index in [9.17, 15) is 0 Å². The number of benzene rings is 1. The highest BCUT2D eigenvalue weighted by atomic mass is 35.5. The van der Waals surface area contributed by atoms with Crippen molar-refractivity contribution >= 4 is 35.4 Å². The minimum atomic E-state index is 0.507. The lowest BCUT2D eigenvalue weighted by Gasteiger charge is -2.13. The van der Waals surface area contributed by atoms with Crippen molar-refractivity contribution < 1.29 is 4.74 Å². The highest BCUT2D eigenvalue weighted by molar-refractivity contribution is 7.71. The molecular weight excluding hydrogens is 355 g/mol. The molecule has 23 heavy (non-hydrogen) atoms. The number of aryl methyl sites for hydroxylation is 1. The van der Waals surface area contributed by atoms with Gasteiger partial charge in [0.2, 0.25) is 4.77 Å². The van der Waals surface area contributed by atoms with Crippen molar-refractivity contribution in [3.63, 3.8) is 0 Å². The zero-order valence-corrected chi connectivity index (χ0v) is 15.5. The number of ether oxygens (including phenoxy) is 1. The summed E-state index contributed by atoms with van der Waals surface area (Å²) in [5.41, 5.74) is 4.18. The number of rotatable bonds is 8. The molecule has 0 aliphatic rings. The summed E-state index contributed by atoms with van der Waals surface area (Å²) in [6.45, 7) is 5.23. The van der Waals surface area contributed by atoms with Gasteiger partial charge in [-0.15, -0.1) is 0 Å². The highest BCUT2D eigenvalue weighted by Gasteiger charge is 2.10. The molecule has 0 atom stereocenters. The number of H-pyrrole nitrogens is 1. The molecule has 0 radical (unpaired) electrons. The summed E-state index contributed by atoms with van der Waals surface area (Å²) in [5, 5.41) is 8.02. The van der Waals surface area contributed by atoms with Crippen LogP contribution < -0.4 is 10.2 Å². The molecule has 8 heteroatoms. The van der Waals surface area contributed by atoms with E-state index in [0.29, 0.717) is 33.7 Å². The quantitative estimate of drug-likeness (QED) is 0.655. The third kappa shape index (κ3) is 4.62. The first-order chi connectivity index (χ1) is 11.1. The Hall–Kier alpha value is -1.24. The van der Waals surface area contributed by atoms with Gasteiger partial charge in [-0.25, -0.2) is 4.68 Å². The largest absolute Gasteiger partial charge is 0.490 e. The first-order valence-electron chi connectivity index (χ1n) is 7.57. The molecule has 0 amide bonds. The first kappa shape index (κ1) is 18.1. The van der Waals surface area contributed by atoms with Crippen molar-refractivity contribution in [3.05, 3.63) is 38.3 Å². The van der Waals surface area contributed by atoms with E-state index < -0.39 is 0 Å². The topological polar surface area (TPSA) is 54.9 Å². The van der Waals surface area contributed by atoms with Crippen LogP contribution in [0.25, 0.3) is 0 Å². The van der Waals surface area contributed by atoms with Crippen LogP contribution in [0.1, 0.15) is 38.1 Å². The molecule has 5 nitrogen and oxygen atoms in total. The van der Waals surface area contributed by atoms with Gasteiger partial charge >= 0.3 is 0 Å². The number of nitrogens with one attached hydrogen (secondary N) is 2. The zero-order chi connectivity index (χ0) is 16.8. The predicted octanol–water partition coefficient (Wildman–Crippen LogP) is 4.73. The monoisotopic (exact) mass is 374 g/mol. The Balaban J connectivity index is 2.12. The molecule has 0 spiro atoms. The van der Waals surface area contributed by atoms with Crippen LogP contribution in [-0.2, 0) is 13.0 Å². The van der Waals surface area contributed by atoms with Crippen LogP contribution in [0.5, 0.6) is 5.75 Å². The summed E-state index contributed by atoms with van der Waals surface area (Å²) in [4.78, 5) is 0. The van der Waals surface area contributed by atoms with Crippen molar-refractivity contribution in [3.8, 4) is 5.75 Å². The van der Waals surface area contributed by atoms with Gasteiger partial charge in [-0.3, -0.25) is 5.10 Å². The Kier molecular flexibility index (Phi) is 6.74. The van der Waals surface area contributed by atoms with Gasteiger partial charge in [0.15, 0.2) is 11.6 Å². The molecule has 1 heterocycles. The number of aromatic nitrogens is 3. The third-order valence-electron chi connectivity index (χ3n) is 3.17. The van der Waals surface area contributed by atoms with Crippen molar-refractivity contribution in [1.82, 2.24) is 14.9 Å². The van der Waals surface area contributed by atoms with Crippen molar-refractivity contribution in [2.45, 2.75) is 39.7 Å². The molecule has 0 aliphatic carbocycles. The van der Waals surface area contributed by atoms with E-state index in [1.54, 1.807) is 4.68 Å². The fraction of sp³-hybridized carbons (Fsp3) is 0.467. The van der Waals surface area contributed by atoms with E-state index in [-0.39, 0.29) is 0 Å². The third-order valence-corrected chi connectivity index (χ3v) is 4.00. The molecule has 1 aromatic carbocycles. The van der Waals surface area contributed by atoms with Gasteiger partial charge in [0.05, 0.1) is 23.2 Å². The van der Waals surface area contributed by atoms with Crippen LogP contribution in [-0.4, -0.2) is 21.5 Å². The van der Waals surface area contributed by atoms with Gasteiger partial charge in [0.25, 0.3) is 0 Å². The van der Waals surface area contributed by atoms with Crippen molar-refractivity contribution in [1.29, 1.82) is 0 Å². The van der Waals surface area contributed by atoms with Gasteiger partial charge in [-0.1, -0.05) is 37.0 Å². The van der Waals surface area contributed by atoms with Crippen molar-refractivity contribution in [2.24, 2.45) is 0 Å². The summed E-state index contributed by atoms with van der Waals surface area (Å²) in [6, 6.07) is 3.68. The van der Waals surface area contributed by atoms with E-state index >= 15 is 0 Å².